The minimum Gasteiger partial charge on any atom is -0.457 e. The van der Waals surface area contributed by atoms with Crippen molar-refractivity contribution in [3.05, 3.63) is 18.3 Å². The molecule has 0 spiro atoms. The van der Waals surface area contributed by atoms with Crippen LogP contribution in [0.5, 0.6) is 5.75 Å². The van der Waals surface area contributed by atoms with Crippen molar-refractivity contribution in [2.75, 3.05) is 5.73 Å². The first-order chi connectivity index (χ1) is 5.74. The third-order valence-electron chi connectivity index (χ3n) is 1.38. The Morgan fingerprint density at radius 1 is 1.75 bits per heavy atom. The lowest BCUT2D eigenvalue weighted by Gasteiger charge is -2.09. The van der Waals surface area contributed by atoms with Crippen molar-refractivity contribution in [1.82, 2.24) is 4.98 Å². The van der Waals surface area contributed by atoms with Gasteiger partial charge in [-0.25, -0.2) is 9.37 Å². The second kappa shape index (κ2) is 3.90. The monoisotopic (exact) mass is 170 g/mol. The van der Waals surface area contributed by atoms with E-state index in [1.807, 2.05) is 0 Å². The maximum Gasteiger partial charge on any atom is 0.238 e. The Bertz CT molecular complexity index is 255. The molecule has 4 heteroatoms. The molecule has 0 aliphatic heterocycles. The van der Waals surface area contributed by atoms with Crippen LogP contribution in [0.4, 0.5) is 10.2 Å². The van der Waals surface area contributed by atoms with Crippen molar-refractivity contribution >= 4 is 5.82 Å². The van der Waals surface area contributed by atoms with Crippen LogP contribution in [0.15, 0.2) is 18.3 Å². The molecule has 2 N–H and O–H groups in total. The molecular formula is C8H11FN2O. The molecule has 0 fully saturated rings. The number of hydrogen-bond acceptors (Lipinski definition) is 3. The van der Waals surface area contributed by atoms with Gasteiger partial charge in [0.05, 0.1) is 0 Å². The van der Waals surface area contributed by atoms with Gasteiger partial charge in [-0.05, 0) is 12.1 Å². The van der Waals surface area contributed by atoms with Crippen molar-refractivity contribution < 1.29 is 9.13 Å². The highest BCUT2D eigenvalue weighted by atomic mass is 19.1. The molecule has 0 amide bonds. The van der Waals surface area contributed by atoms with Gasteiger partial charge >= 0.3 is 0 Å². The molecule has 1 rings (SSSR count). The van der Waals surface area contributed by atoms with Crippen LogP contribution in [0.2, 0.25) is 0 Å². The normalized spacial score (nSPS) is 12.5. The predicted molar refractivity (Wildman–Crippen MR) is 44.5 cm³/mol. The van der Waals surface area contributed by atoms with Crippen molar-refractivity contribution in [3.63, 3.8) is 0 Å². The van der Waals surface area contributed by atoms with Gasteiger partial charge in [-0.3, -0.25) is 0 Å². The van der Waals surface area contributed by atoms with Gasteiger partial charge in [0.1, 0.15) is 0 Å². The largest absolute Gasteiger partial charge is 0.457 e. The molecule has 1 atom stereocenters. The molecule has 0 aliphatic carbocycles. The summed E-state index contributed by atoms with van der Waals surface area (Å²) in [5.74, 6) is 0.514. The fraction of sp³-hybridized carbons (Fsp3) is 0.375. The Hall–Kier alpha value is -1.32. The zero-order valence-electron chi connectivity index (χ0n) is 6.83. The standard InChI is InChI=1S/C8H11FN2O/c1-2-7(9)12-6-4-3-5-11-8(6)10/h3-5,7H,2H2,1H3,(H2,10,11). The van der Waals surface area contributed by atoms with E-state index in [2.05, 4.69) is 4.98 Å². The van der Waals surface area contributed by atoms with Gasteiger partial charge in [0.25, 0.3) is 0 Å². The van der Waals surface area contributed by atoms with Gasteiger partial charge in [0, 0.05) is 12.6 Å². The quantitative estimate of drug-likeness (QED) is 0.751. The number of pyridine rings is 1. The second-order valence-electron chi connectivity index (χ2n) is 2.32. The number of rotatable bonds is 3. The van der Waals surface area contributed by atoms with E-state index in [0.29, 0.717) is 12.2 Å². The van der Waals surface area contributed by atoms with Crippen molar-refractivity contribution in [2.24, 2.45) is 0 Å². The molecule has 1 unspecified atom stereocenters. The summed E-state index contributed by atoms with van der Waals surface area (Å²) in [6.45, 7) is 1.69. The summed E-state index contributed by atoms with van der Waals surface area (Å²) in [5, 5.41) is 0. The average molecular weight is 170 g/mol. The molecule has 0 saturated carbocycles. The number of alkyl halides is 1. The highest BCUT2D eigenvalue weighted by Gasteiger charge is 2.06. The van der Waals surface area contributed by atoms with Gasteiger partial charge in [-0.1, -0.05) is 6.92 Å². The molecular weight excluding hydrogens is 159 g/mol. The van der Waals surface area contributed by atoms with E-state index in [1.54, 1.807) is 19.1 Å². The van der Waals surface area contributed by atoms with Crippen LogP contribution in [0, 0.1) is 0 Å². The van der Waals surface area contributed by atoms with Crippen LogP contribution in [0.1, 0.15) is 13.3 Å². The molecule has 0 aliphatic rings. The summed E-state index contributed by atoms with van der Waals surface area (Å²) in [6, 6.07) is 3.23. The van der Waals surface area contributed by atoms with Crippen LogP contribution in [-0.2, 0) is 0 Å². The van der Waals surface area contributed by atoms with Gasteiger partial charge in [0.15, 0.2) is 11.6 Å². The smallest absolute Gasteiger partial charge is 0.238 e. The summed E-state index contributed by atoms with van der Waals surface area (Å²) in [6.07, 6.45) is 0.520. The number of halogens is 1. The van der Waals surface area contributed by atoms with Gasteiger partial charge < -0.3 is 10.5 Å². The minimum atomic E-state index is -1.31. The molecule has 1 aromatic heterocycles. The molecule has 1 heterocycles. The Balaban J connectivity index is 2.69. The number of nitrogens with zero attached hydrogens (tertiary/aromatic N) is 1. The molecule has 0 radical (unpaired) electrons. The molecule has 12 heavy (non-hydrogen) atoms. The Labute approximate surface area is 70.4 Å². The van der Waals surface area contributed by atoms with Crippen LogP contribution in [0.3, 0.4) is 0 Å². The highest BCUT2D eigenvalue weighted by Crippen LogP contribution is 2.19. The third kappa shape index (κ3) is 2.08. The van der Waals surface area contributed by atoms with Gasteiger partial charge in [-0.2, -0.15) is 0 Å². The fourth-order valence-corrected chi connectivity index (χ4v) is 0.724. The second-order valence-corrected chi connectivity index (χ2v) is 2.32. The first-order valence-electron chi connectivity index (χ1n) is 3.75. The lowest BCUT2D eigenvalue weighted by atomic mass is 10.4. The maximum absolute atomic E-state index is 12.7. The molecule has 0 bridgehead atoms. The lowest BCUT2D eigenvalue weighted by Crippen LogP contribution is -2.09. The Morgan fingerprint density at radius 3 is 3.08 bits per heavy atom. The van der Waals surface area contributed by atoms with E-state index in [-0.39, 0.29) is 5.82 Å². The van der Waals surface area contributed by atoms with E-state index < -0.39 is 6.36 Å². The average Bonchev–Trinajstić information content (AvgIpc) is 2.09. The van der Waals surface area contributed by atoms with E-state index >= 15 is 0 Å². The number of nitrogens with two attached hydrogens (primary N) is 1. The van der Waals surface area contributed by atoms with Crippen molar-refractivity contribution in [2.45, 2.75) is 19.7 Å². The van der Waals surface area contributed by atoms with Crippen molar-refractivity contribution in [1.29, 1.82) is 0 Å². The number of ether oxygens (including phenoxy) is 1. The number of hydrogen-bond donors (Lipinski definition) is 1. The highest BCUT2D eigenvalue weighted by molar-refractivity contribution is 5.44. The molecule has 3 nitrogen and oxygen atoms in total. The summed E-state index contributed by atoms with van der Waals surface area (Å²) in [4.78, 5) is 3.75. The Kier molecular flexibility index (Phi) is 2.85. The van der Waals surface area contributed by atoms with E-state index in [1.165, 1.54) is 6.20 Å². The first-order valence-corrected chi connectivity index (χ1v) is 3.75. The van der Waals surface area contributed by atoms with E-state index in [9.17, 15) is 4.39 Å². The molecule has 66 valence electrons. The maximum atomic E-state index is 12.7. The first kappa shape index (κ1) is 8.77. The molecule has 0 aromatic carbocycles. The topological polar surface area (TPSA) is 48.1 Å². The van der Waals surface area contributed by atoms with Crippen LogP contribution in [-0.4, -0.2) is 11.3 Å². The fourth-order valence-electron chi connectivity index (χ4n) is 0.724. The predicted octanol–water partition coefficient (Wildman–Crippen LogP) is 1.75. The van der Waals surface area contributed by atoms with E-state index in [4.69, 9.17) is 10.5 Å². The lowest BCUT2D eigenvalue weighted by molar-refractivity contribution is 0.0646. The summed E-state index contributed by atoms with van der Waals surface area (Å²) in [5.41, 5.74) is 5.42. The SMILES string of the molecule is CCC(F)Oc1cccnc1N. The van der Waals surface area contributed by atoms with Crippen LogP contribution >= 0.6 is 0 Å². The Morgan fingerprint density at radius 2 is 2.50 bits per heavy atom. The molecule has 1 aromatic rings. The van der Waals surface area contributed by atoms with E-state index in [0.717, 1.165) is 0 Å². The van der Waals surface area contributed by atoms with Gasteiger partial charge in [-0.15, -0.1) is 0 Å². The summed E-state index contributed by atoms with van der Waals surface area (Å²) in [7, 11) is 0. The minimum absolute atomic E-state index is 0.216. The number of aromatic nitrogens is 1. The number of nitrogen functional groups attached to an aromatic ring is 1. The zero-order chi connectivity index (χ0) is 8.97. The third-order valence-corrected chi connectivity index (χ3v) is 1.38. The summed E-state index contributed by atoms with van der Waals surface area (Å²) >= 11 is 0. The number of anilines is 1. The molecule has 0 saturated heterocycles. The summed E-state index contributed by atoms with van der Waals surface area (Å²) < 4.78 is 17.5. The van der Waals surface area contributed by atoms with Crippen molar-refractivity contribution in [3.8, 4) is 5.75 Å². The zero-order valence-corrected chi connectivity index (χ0v) is 6.83. The van der Waals surface area contributed by atoms with Crippen LogP contribution < -0.4 is 10.5 Å². The van der Waals surface area contributed by atoms with Crippen LogP contribution in [0.25, 0.3) is 0 Å². The van der Waals surface area contributed by atoms with Gasteiger partial charge in [0.2, 0.25) is 6.36 Å².